The number of pyridine rings is 1. The van der Waals surface area contributed by atoms with E-state index in [0.717, 1.165) is 0 Å². The van der Waals surface area contributed by atoms with E-state index in [1.54, 1.807) is 13.0 Å². The maximum absolute atomic E-state index is 12.2. The zero-order valence-corrected chi connectivity index (χ0v) is 9.88. The molecule has 0 aliphatic rings. The van der Waals surface area contributed by atoms with Gasteiger partial charge in [-0.2, -0.15) is 0 Å². The SMILES string of the molecule is Cc1cc(C(=N)N)c2cc(OC(F)(F)F)ccc2n1. The highest BCUT2D eigenvalue weighted by Crippen LogP contribution is 2.27. The Bertz CT molecular complexity index is 652. The summed E-state index contributed by atoms with van der Waals surface area (Å²) >= 11 is 0. The number of benzene rings is 1. The first kappa shape index (κ1) is 13.1. The lowest BCUT2D eigenvalue weighted by molar-refractivity contribution is -0.274. The number of nitrogen functional groups attached to an aromatic ring is 1. The van der Waals surface area contributed by atoms with Crippen molar-refractivity contribution in [3.05, 3.63) is 35.5 Å². The van der Waals surface area contributed by atoms with Gasteiger partial charge in [0, 0.05) is 16.6 Å². The molecule has 3 N–H and O–H groups in total. The van der Waals surface area contributed by atoms with Gasteiger partial charge in [0.15, 0.2) is 0 Å². The molecular formula is C12H10F3N3O. The van der Waals surface area contributed by atoms with Crippen molar-refractivity contribution in [2.75, 3.05) is 0 Å². The highest BCUT2D eigenvalue weighted by molar-refractivity contribution is 6.07. The number of hydrogen-bond acceptors (Lipinski definition) is 3. The van der Waals surface area contributed by atoms with E-state index in [-0.39, 0.29) is 11.6 Å². The molecule has 100 valence electrons. The number of nitrogens with one attached hydrogen (secondary N) is 1. The predicted octanol–water partition coefficient (Wildman–Crippen LogP) is 2.73. The molecule has 0 aliphatic heterocycles. The number of amidine groups is 1. The van der Waals surface area contributed by atoms with Crippen LogP contribution in [0.1, 0.15) is 11.3 Å². The molecule has 0 bridgehead atoms. The molecule has 7 heteroatoms. The fourth-order valence-corrected chi connectivity index (χ4v) is 1.76. The molecule has 4 nitrogen and oxygen atoms in total. The molecule has 0 unspecified atom stereocenters. The number of aryl methyl sites for hydroxylation is 1. The molecule has 2 rings (SSSR count). The highest BCUT2D eigenvalue weighted by Gasteiger charge is 2.31. The second kappa shape index (κ2) is 4.42. The molecule has 0 atom stereocenters. The van der Waals surface area contributed by atoms with E-state index in [1.165, 1.54) is 18.2 Å². The number of nitrogens with zero attached hydrogens (tertiary/aromatic N) is 1. The molecular weight excluding hydrogens is 259 g/mol. The van der Waals surface area contributed by atoms with Crippen LogP contribution in [0.5, 0.6) is 5.75 Å². The maximum Gasteiger partial charge on any atom is 0.573 e. The Hall–Kier alpha value is -2.31. The summed E-state index contributed by atoms with van der Waals surface area (Å²) in [6, 6.07) is 5.29. The first-order valence-corrected chi connectivity index (χ1v) is 5.28. The van der Waals surface area contributed by atoms with Crippen molar-refractivity contribution < 1.29 is 17.9 Å². The van der Waals surface area contributed by atoms with Gasteiger partial charge in [-0.1, -0.05) is 0 Å². The number of nitrogens with two attached hydrogens (primary N) is 1. The summed E-state index contributed by atoms with van der Waals surface area (Å²) < 4.78 is 40.3. The smallest absolute Gasteiger partial charge is 0.406 e. The number of fused-ring (bicyclic) bond motifs is 1. The second-order valence-electron chi connectivity index (χ2n) is 3.95. The monoisotopic (exact) mass is 269 g/mol. The fraction of sp³-hybridized carbons (Fsp3) is 0.167. The van der Waals surface area contributed by atoms with E-state index >= 15 is 0 Å². The molecule has 0 saturated carbocycles. The molecule has 2 aromatic rings. The first-order valence-electron chi connectivity index (χ1n) is 5.28. The number of hydrogen-bond donors (Lipinski definition) is 2. The number of alkyl halides is 3. The van der Waals surface area contributed by atoms with Crippen LogP contribution in [0.3, 0.4) is 0 Å². The Balaban J connectivity index is 2.61. The van der Waals surface area contributed by atoms with Gasteiger partial charge in [0.25, 0.3) is 0 Å². The third-order valence-corrected chi connectivity index (χ3v) is 2.43. The van der Waals surface area contributed by atoms with Crippen molar-refractivity contribution in [1.82, 2.24) is 4.98 Å². The minimum atomic E-state index is -4.76. The van der Waals surface area contributed by atoms with Gasteiger partial charge in [-0.25, -0.2) is 0 Å². The van der Waals surface area contributed by atoms with Crippen LogP contribution in [0.15, 0.2) is 24.3 Å². The zero-order valence-electron chi connectivity index (χ0n) is 9.88. The van der Waals surface area contributed by atoms with E-state index in [0.29, 0.717) is 22.2 Å². The van der Waals surface area contributed by atoms with Gasteiger partial charge in [0.05, 0.1) is 5.52 Å². The third kappa shape index (κ3) is 2.93. The van der Waals surface area contributed by atoms with E-state index in [9.17, 15) is 13.2 Å². The first-order chi connectivity index (χ1) is 8.76. The molecule has 0 radical (unpaired) electrons. The molecule has 0 fully saturated rings. The van der Waals surface area contributed by atoms with Crippen molar-refractivity contribution in [3.8, 4) is 5.75 Å². The standard InChI is InChI=1S/C12H10F3N3O/c1-6-4-9(11(16)17)8-5-7(19-12(13,14)15)2-3-10(8)18-6/h2-5H,1H3,(H3,16,17). The van der Waals surface area contributed by atoms with Crippen molar-refractivity contribution in [1.29, 1.82) is 5.41 Å². The molecule has 19 heavy (non-hydrogen) atoms. The Morgan fingerprint density at radius 1 is 1.32 bits per heavy atom. The molecule has 0 amide bonds. The number of rotatable bonds is 2. The molecule has 0 aliphatic carbocycles. The Morgan fingerprint density at radius 3 is 2.58 bits per heavy atom. The van der Waals surface area contributed by atoms with Crippen LogP contribution in [0, 0.1) is 12.3 Å². The summed E-state index contributed by atoms with van der Waals surface area (Å²) in [5, 5.41) is 7.80. The molecule has 0 saturated heterocycles. The fourth-order valence-electron chi connectivity index (χ4n) is 1.76. The zero-order chi connectivity index (χ0) is 14.2. The van der Waals surface area contributed by atoms with Crippen molar-refractivity contribution >= 4 is 16.7 Å². The average Bonchev–Trinajstić information content (AvgIpc) is 2.26. The Morgan fingerprint density at radius 2 is 2.00 bits per heavy atom. The average molecular weight is 269 g/mol. The van der Waals surface area contributed by atoms with E-state index < -0.39 is 6.36 Å². The summed E-state index contributed by atoms with van der Waals surface area (Å²) in [6.45, 7) is 1.71. The van der Waals surface area contributed by atoms with Gasteiger partial charge in [-0.15, -0.1) is 13.2 Å². The molecule has 1 heterocycles. The highest BCUT2D eigenvalue weighted by atomic mass is 19.4. The number of ether oxygens (including phenoxy) is 1. The quantitative estimate of drug-likeness (QED) is 0.650. The van der Waals surface area contributed by atoms with Crippen LogP contribution in [0.25, 0.3) is 10.9 Å². The lowest BCUT2D eigenvalue weighted by Gasteiger charge is -2.11. The van der Waals surface area contributed by atoms with Crippen LogP contribution in [-0.2, 0) is 0 Å². The van der Waals surface area contributed by atoms with Gasteiger partial charge in [0.1, 0.15) is 11.6 Å². The lowest BCUT2D eigenvalue weighted by atomic mass is 10.1. The van der Waals surface area contributed by atoms with Gasteiger partial charge < -0.3 is 10.5 Å². The number of halogens is 3. The summed E-state index contributed by atoms with van der Waals surface area (Å²) in [5.41, 5.74) is 6.83. The molecule has 1 aromatic carbocycles. The van der Waals surface area contributed by atoms with Crippen LogP contribution in [0.2, 0.25) is 0 Å². The van der Waals surface area contributed by atoms with Crippen molar-refractivity contribution in [3.63, 3.8) is 0 Å². The summed E-state index contributed by atoms with van der Waals surface area (Å²) in [5.74, 6) is -0.604. The lowest BCUT2D eigenvalue weighted by Crippen LogP contribution is -2.17. The van der Waals surface area contributed by atoms with E-state index in [1.807, 2.05) is 0 Å². The van der Waals surface area contributed by atoms with Gasteiger partial charge >= 0.3 is 6.36 Å². The largest absolute Gasteiger partial charge is 0.573 e. The summed E-state index contributed by atoms with van der Waals surface area (Å²) in [7, 11) is 0. The second-order valence-corrected chi connectivity index (χ2v) is 3.95. The van der Waals surface area contributed by atoms with Crippen molar-refractivity contribution in [2.45, 2.75) is 13.3 Å². The summed E-state index contributed by atoms with van der Waals surface area (Å²) in [6.07, 6.45) is -4.76. The van der Waals surface area contributed by atoms with Crippen LogP contribution < -0.4 is 10.5 Å². The molecule has 1 aromatic heterocycles. The van der Waals surface area contributed by atoms with Gasteiger partial charge in [-0.05, 0) is 31.2 Å². The van der Waals surface area contributed by atoms with Gasteiger partial charge in [-0.3, -0.25) is 10.4 Å². The van der Waals surface area contributed by atoms with Gasteiger partial charge in [0.2, 0.25) is 0 Å². The predicted molar refractivity (Wildman–Crippen MR) is 64.2 cm³/mol. The normalized spacial score (nSPS) is 11.6. The summed E-state index contributed by atoms with van der Waals surface area (Å²) in [4.78, 5) is 4.17. The van der Waals surface area contributed by atoms with Crippen molar-refractivity contribution in [2.24, 2.45) is 5.73 Å². The minimum absolute atomic E-state index is 0.236. The molecule has 0 spiro atoms. The van der Waals surface area contributed by atoms with Crippen LogP contribution >= 0.6 is 0 Å². The maximum atomic E-state index is 12.2. The minimum Gasteiger partial charge on any atom is -0.406 e. The van der Waals surface area contributed by atoms with Crippen LogP contribution in [0.4, 0.5) is 13.2 Å². The third-order valence-electron chi connectivity index (χ3n) is 2.43. The van der Waals surface area contributed by atoms with Crippen LogP contribution in [-0.4, -0.2) is 17.2 Å². The van der Waals surface area contributed by atoms with E-state index in [4.69, 9.17) is 11.1 Å². The Labute approximate surface area is 106 Å². The van der Waals surface area contributed by atoms with E-state index in [2.05, 4.69) is 9.72 Å². The number of aromatic nitrogens is 1. The topological polar surface area (TPSA) is 72.0 Å². The Kier molecular flexibility index (Phi) is 3.05.